The van der Waals surface area contributed by atoms with E-state index < -0.39 is 0 Å². The van der Waals surface area contributed by atoms with E-state index in [0.717, 1.165) is 5.56 Å². The highest BCUT2D eigenvalue weighted by molar-refractivity contribution is 6.30. The summed E-state index contributed by atoms with van der Waals surface area (Å²) in [4.78, 5) is 4.39. The summed E-state index contributed by atoms with van der Waals surface area (Å²) in [7, 11) is 1.58. The van der Waals surface area contributed by atoms with Crippen molar-refractivity contribution in [2.24, 2.45) is 11.1 Å². The molecular formula is C15H20ClN3O2. The minimum atomic E-state index is -0.0575. The third-order valence-electron chi connectivity index (χ3n) is 3.38. The van der Waals surface area contributed by atoms with Crippen LogP contribution in [0.25, 0.3) is 11.4 Å². The monoisotopic (exact) mass is 309 g/mol. The first kappa shape index (κ1) is 15.8. The van der Waals surface area contributed by atoms with Gasteiger partial charge in [-0.1, -0.05) is 37.5 Å². The predicted molar refractivity (Wildman–Crippen MR) is 82.4 cm³/mol. The SMILES string of the molecule is COc1cc(Cl)ccc1-c1noc(CC(N)C(C)(C)C)n1. The zero-order valence-corrected chi connectivity index (χ0v) is 13.4. The average Bonchev–Trinajstić information content (AvgIpc) is 2.85. The van der Waals surface area contributed by atoms with Crippen LogP contribution in [0.3, 0.4) is 0 Å². The van der Waals surface area contributed by atoms with E-state index in [-0.39, 0.29) is 11.5 Å². The molecule has 0 aliphatic heterocycles. The van der Waals surface area contributed by atoms with Crippen LogP contribution >= 0.6 is 11.6 Å². The van der Waals surface area contributed by atoms with Crippen LogP contribution in [0.1, 0.15) is 26.7 Å². The van der Waals surface area contributed by atoms with Crippen molar-refractivity contribution in [3.05, 3.63) is 29.1 Å². The van der Waals surface area contributed by atoms with Crippen molar-refractivity contribution in [2.75, 3.05) is 7.11 Å². The van der Waals surface area contributed by atoms with Gasteiger partial charge in [0.05, 0.1) is 12.7 Å². The predicted octanol–water partition coefficient (Wildman–Crippen LogP) is 3.31. The van der Waals surface area contributed by atoms with Gasteiger partial charge in [-0.15, -0.1) is 0 Å². The van der Waals surface area contributed by atoms with Crippen molar-refractivity contribution in [3.8, 4) is 17.1 Å². The van der Waals surface area contributed by atoms with Crippen LogP contribution in [0, 0.1) is 5.41 Å². The summed E-state index contributed by atoms with van der Waals surface area (Å²) in [6.07, 6.45) is 0.534. The molecular weight excluding hydrogens is 290 g/mol. The van der Waals surface area contributed by atoms with E-state index >= 15 is 0 Å². The fourth-order valence-electron chi connectivity index (χ4n) is 1.79. The van der Waals surface area contributed by atoms with E-state index in [2.05, 4.69) is 30.9 Å². The van der Waals surface area contributed by atoms with Crippen LogP contribution < -0.4 is 10.5 Å². The lowest BCUT2D eigenvalue weighted by Crippen LogP contribution is -2.36. The number of halogens is 1. The molecule has 21 heavy (non-hydrogen) atoms. The number of hydrogen-bond donors (Lipinski definition) is 1. The summed E-state index contributed by atoms with van der Waals surface area (Å²) in [5.74, 6) is 1.60. The molecule has 1 aromatic heterocycles. The highest BCUT2D eigenvalue weighted by Gasteiger charge is 2.24. The molecule has 0 saturated heterocycles. The summed E-state index contributed by atoms with van der Waals surface area (Å²) in [6.45, 7) is 6.24. The van der Waals surface area contributed by atoms with Gasteiger partial charge in [0.25, 0.3) is 0 Å². The van der Waals surface area contributed by atoms with Gasteiger partial charge in [-0.05, 0) is 23.6 Å². The molecule has 2 aromatic rings. The first-order valence-electron chi connectivity index (χ1n) is 6.73. The van der Waals surface area contributed by atoms with Crippen LogP contribution in [0.5, 0.6) is 5.75 Å². The Bertz CT molecular complexity index is 620. The average molecular weight is 310 g/mol. The van der Waals surface area contributed by atoms with Crippen LogP contribution in [0.2, 0.25) is 5.02 Å². The molecule has 0 amide bonds. The fraction of sp³-hybridized carbons (Fsp3) is 0.467. The second-order valence-electron chi connectivity index (χ2n) is 6.03. The Morgan fingerprint density at radius 1 is 1.38 bits per heavy atom. The van der Waals surface area contributed by atoms with Gasteiger partial charge in [-0.3, -0.25) is 0 Å². The molecule has 0 aliphatic carbocycles. The molecule has 0 aliphatic rings. The molecule has 2 N–H and O–H groups in total. The molecule has 1 aromatic carbocycles. The van der Waals surface area contributed by atoms with Gasteiger partial charge in [0, 0.05) is 17.5 Å². The van der Waals surface area contributed by atoms with Gasteiger partial charge in [-0.2, -0.15) is 4.98 Å². The number of aromatic nitrogens is 2. The summed E-state index contributed by atoms with van der Waals surface area (Å²) >= 11 is 5.95. The molecule has 0 bridgehead atoms. The number of ether oxygens (including phenoxy) is 1. The summed E-state index contributed by atoms with van der Waals surface area (Å²) in [5.41, 5.74) is 6.85. The minimum Gasteiger partial charge on any atom is -0.496 e. The van der Waals surface area contributed by atoms with Gasteiger partial charge in [0.2, 0.25) is 11.7 Å². The van der Waals surface area contributed by atoms with Gasteiger partial charge in [0.15, 0.2) is 0 Å². The molecule has 2 rings (SSSR count). The van der Waals surface area contributed by atoms with E-state index in [0.29, 0.717) is 28.9 Å². The molecule has 0 saturated carbocycles. The van der Waals surface area contributed by atoms with Crippen molar-refractivity contribution >= 4 is 11.6 Å². The molecule has 6 heteroatoms. The number of hydrogen-bond acceptors (Lipinski definition) is 5. The maximum atomic E-state index is 6.14. The smallest absolute Gasteiger partial charge is 0.228 e. The molecule has 1 unspecified atom stereocenters. The highest BCUT2D eigenvalue weighted by atomic mass is 35.5. The number of nitrogens with two attached hydrogens (primary N) is 1. The zero-order chi connectivity index (χ0) is 15.6. The Labute approximate surface area is 129 Å². The maximum absolute atomic E-state index is 6.14. The van der Waals surface area contributed by atoms with Crippen molar-refractivity contribution < 1.29 is 9.26 Å². The Balaban J connectivity index is 2.24. The van der Waals surface area contributed by atoms with E-state index in [9.17, 15) is 0 Å². The lowest BCUT2D eigenvalue weighted by Gasteiger charge is -2.25. The summed E-state index contributed by atoms with van der Waals surface area (Å²) in [5, 5.41) is 4.59. The van der Waals surface area contributed by atoms with Gasteiger partial charge in [-0.25, -0.2) is 0 Å². The standard InChI is InChI=1S/C15H20ClN3O2/c1-15(2,3)12(17)8-13-18-14(19-21-13)10-6-5-9(16)7-11(10)20-4/h5-7,12H,8,17H2,1-4H3. The first-order chi connectivity index (χ1) is 9.81. The molecule has 0 spiro atoms. The summed E-state index contributed by atoms with van der Waals surface area (Å²) < 4.78 is 10.6. The molecule has 0 radical (unpaired) electrons. The van der Waals surface area contributed by atoms with Crippen LogP contribution in [-0.2, 0) is 6.42 Å². The quantitative estimate of drug-likeness (QED) is 0.937. The Morgan fingerprint density at radius 3 is 2.71 bits per heavy atom. The zero-order valence-electron chi connectivity index (χ0n) is 12.7. The van der Waals surface area contributed by atoms with Crippen molar-refractivity contribution in [3.63, 3.8) is 0 Å². The van der Waals surface area contributed by atoms with Crippen molar-refractivity contribution in [2.45, 2.75) is 33.2 Å². The number of benzene rings is 1. The highest BCUT2D eigenvalue weighted by Crippen LogP contribution is 2.31. The number of rotatable bonds is 4. The summed E-state index contributed by atoms with van der Waals surface area (Å²) in [6, 6.07) is 5.22. The second kappa shape index (κ2) is 6.03. The van der Waals surface area contributed by atoms with Crippen molar-refractivity contribution in [1.82, 2.24) is 10.1 Å². The van der Waals surface area contributed by atoms with Gasteiger partial charge >= 0.3 is 0 Å². The Morgan fingerprint density at radius 2 is 2.10 bits per heavy atom. The number of nitrogens with zero attached hydrogens (tertiary/aromatic N) is 2. The third-order valence-corrected chi connectivity index (χ3v) is 3.61. The minimum absolute atomic E-state index is 0.0212. The van der Waals surface area contributed by atoms with Crippen LogP contribution in [-0.4, -0.2) is 23.3 Å². The second-order valence-corrected chi connectivity index (χ2v) is 6.47. The normalized spacial score (nSPS) is 13.2. The number of methoxy groups -OCH3 is 1. The topological polar surface area (TPSA) is 74.2 Å². The fourth-order valence-corrected chi connectivity index (χ4v) is 1.95. The molecule has 1 heterocycles. The van der Waals surface area contributed by atoms with Crippen LogP contribution in [0.4, 0.5) is 0 Å². The molecule has 5 nitrogen and oxygen atoms in total. The van der Waals surface area contributed by atoms with E-state index in [1.165, 1.54) is 0 Å². The lowest BCUT2D eigenvalue weighted by atomic mass is 9.85. The van der Waals surface area contributed by atoms with Crippen molar-refractivity contribution in [1.29, 1.82) is 0 Å². The first-order valence-corrected chi connectivity index (χ1v) is 7.11. The van der Waals surface area contributed by atoms with Crippen LogP contribution in [0.15, 0.2) is 22.7 Å². The molecule has 1 atom stereocenters. The van der Waals surface area contributed by atoms with E-state index in [4.69, 9.17) is 26.6 Å². The van der Waals surface area contributed by atoms with E-state index in [1.54, 1.807) is 25.3 Å². The maximum Gasteiger partial charge on any atom is 0.228 e. The van der Waals surface area contributed by atoms with Gasteiger partial charge < -0.3 is 15.0 Å². The Kier molecular flexibility index (Phi) is 4.54. The molecule has 114 valence electrons. The largest absolute Gasteiger partial charge is 0.496 e. The molecule has 0 fully saturated rings. The van der Waals surface area contributed by atoms with E-state index in [1.807, 2.05) is 0 Å². The Hall–Kier alpha value is -1.59. The third kappa shape index (κ3) is 3.74. The van der Waals surface area contributed by atoms with Gasteiger partial charge in [0.1, 0.15) is 5.75 Å². The lowest BCUT2D eigenvalue weighted by molar-refractivity contribution is 0.286.